The van der Waals surface area contributed by atoms with Gasteiger partial charge in [0.05, 0.1) is 14.2 Å². The van der Waals surface area contributed by atoms with Crippen LogP contribution in [0.2, 0.25) is 0 Å². The van der Waals surface area contributed by atoms with Crippen LogP contribution >= 0.6 is 0 Å². The number of rotatable bonds is 19. The first-order valence-electron chi connectivity index (χ1n) is 23.2. The van der Waals surface area contributed by atoms with Crippen molar-refractivity contribution < 1.29 is 55.8 Å². The van der Waals surface area contributed by atoms with Crippen molar-refractivity contribution in [2.75, 3.05) is 14.2 Å². The molecule has 22 heteroatoms. The molecule has 2 aromatic heterocycles. The van der Waals surface area contributed by atoms with Gasteiger partial charge in [-0.3, -0.25) is 27.8 Å². The van der Waals surface area contributed by atoms with Crippen LogP contribution in [0.1, 0.15) is 93.2 Å². The molecule has 0 bridgehead atoms. The van der Waals surface area contributed by atoms with Crippen molar-refractivity contribution in [1.29, 1.82) is 0 Å². The Hall–Kier alpha value is -7.86. The second kappa shape index (κ2) is 22.7. The molecule has 6 N–H and O–H groups in total. The van der Waals surface area contributed by atoms with E-state index < -0.39 is 72.7 Å². The minimum absolute atomic E-state index is 0.0318. The van der Waals surface area contributed by atoms with Gasteiger partial charge in [-0.15, -0.1) is 20.5 Å². The van der Waals surface area contributed by atoms with Gasteiger partial charge in [-0.05, 0) is 90.9 Å². The number of pyridine rings is 2. The van der Waals surface area contributed by atoms with Gasteiger partial charge in [0.2, 0.25) is 0 Å². The number of benzene rings is 5. The number of hydrogen-bond acceptors (Lipinski definition) is 16. The van der Waals surface area contributed by atoms with E-state index in [0.717, 1.165) is 9.13 Å². The van der Waals surface area contributed by atoms with Crippen LogP contribution in [-0.4, -0.2) is 69.7 Å². The van der Waals surface area contributed by atoms with Gasteiger partial charge in [0.15, 0.2) is 23.1 Å². The van der Waals surface area contributed by atoms with E-state index in [1.54, 1.807) is 98.8 Å². The Labute approximate surface area is 431 Å². The van der Waals surface area contributed by atoms with Crippen LogP contribution in [0, 0.1) is 13.8 Å². The molecule has 0 amide bonds. The number of nitrogens with zero attached hydrogens (tertiary/aromatic N) is 6. The molecule has 2 heterocycles. The second-order valence-electron chi connectivity index (χ2n) is 17.3. The summed E-state index contributed by atoms with van der Waals surface area (Å²) < 4.78 is 81.5. The molecule has 392 valence electrons. The summed E-state index contributed by atoms with van der Waals surface area (Å²) in [5.74, 6) is -4.05. The summed E-state index contributed by atoms with van der Waals surface area (Å²) in [5, 5.41) is 64.0. The minimum Gasteiger partial charge on any atom is -0.494 e. The summed E-state index contributed by atoms with van der Waals surface area (Å²) in [6.45, 7) is 5.60. The third-order valence-electron chi connectivity index (χ3n) is 12.7. The highest BCUT2D eigenvalue weighted by molar-refractivity contribution is 7.85. The predicted octanol–water partition coefficient (Wildman–Crippen LogP) is 9.05. The Morgan fingerprint density at radius 2 is 0.827 bits per heavy atom. The van der Waals surface area contributed by atoms with Gasteiger partial charge in [-0.25, -0.2) is 0 Å². The van der Waals surface area contributed by atoms with E-state index in [1.807, 2.05) is 30.3 Å². The fourth-order valence-corrected chi connectivity index (χ4v) is 10.3. The molecule has 0 aliphatic heterocycles. The molecule has 0 aliphatic carbocycles. The predicted molar refractivity (Wildman–Crippen MR) is 279 cm³/mol. The van der Waals surface area contributed by atoms with E-state index in [9.17, 15) is 56.0 Å². The number of methoxy groups -OCH3 is 2. The highest BCUT2D eigenvalue weighted by atomic mass is 32.2. The SMILES string of the molecule is CCn1c(O)c(CS(=O)(=O)O)c(C)c(N=Nc2c(OC)cc(C(c3ccccc3)c3cc(OC)c(N=Nc4c(C)c(CS(=O)(=O)O)c(O)n(CC)c4=O)c(C(O)c4ccccc4)c3)cc2C(O)c2ccccc2)c1=O. The Kier molecular flexibility index (Phi) is 16.6. The van der Waals surface area contributed by atoms with Crippen LogP contribution < -0.4 is 20.6 Å². The molecule has 0 saturated carbocycles. The average molecular weight is 1060 g/mol. The van der Waals surface area contributed by atoms with E-state index in [4.69, 9.17) is 9.47 Å². The number of aliphatic hydroxyl groups is 2. The largest absolute Gasteiger partial charge is 0.494 e. The molecule has 2 atom stereocenters. The molecular weight excluding hydrogens is 1010 g/mol. The molecule has 7 aromatic rings. The first-order chi connectivity index (χ1) is 35.6. The van der Waals surface area contributed by atoms with Gasteiger partial charge >= 0.3 is 0 Å². The van der Waals surface area contributed by atoms with Gasteiger partial charge in [-0.1, -0.05) is 91.0 Å². The third kappa shape index (κ3) is 11.8. The number of azo groups is 2. The van der Waals surface area contributed by atoms with Crippen molar-refractivity contribution in [2.45, 2.75) is 70.4 Å². The van der Waals surface area contributed by atoms with E-state index in [1.165, 1.54) is 28.1 Å². The normalized spacial score (nSPS) is 13.3. The van der Waals surface area contributed by atoms with Crippen LogP contribution in [0.25, 0.3) is 0 Å². The molecule has 0 fully saturated rings. The number of aromatic hydroxyl groups is 2. The van der Waals surface area contributed by atoms with E-state index >= 15 is 0 Å². The van der Waals surface area contributed by atoms with Crippen molar-refractivity contribution in [3.8, 4) is 23.3 Å². The smallest absolute Gasteiger partial charge is 0.281 e. The van der Waals surface area contributed by atoms with Gasteiger partial charge in [-0.2, -0.15) is 16.8 Å². The van der Waals surface area contributed by atoms with E-state index in [2.05, 4.69) is 20.5 Å². The summed E-state index contributed by atoms with van der Waals surface area (Å²) in [5.41, 5.74) is -0.269. The maximum absolute atomic E-state index is 13.8. The first-order valence-corrected chi connectivity index (χ1v) is 26.4. The molecule has 2 unspecified atom stereocenters. The van der Waals surface area contributed by atoms with E-state index in [0.29, 0.717) is 27.8 Å². The first kappa shape index (κ1) is 54.9. The van der Waals surface area contributed by atoms with Crippen molar-refractivity contribution >= 4 is 43.0 Å². The summed E-state index contributed by atoms with van der Waals surface area (Å²) in [7, 11) is -6.66. The number of hydrogen-bond donors (Lipinski definition) is 6. The molecule has 0 spiro atoms. The molecule has 75 heavy (non-hydrogen) atoms. The summed E-state index contributed by atoms with van der Waals surface area (Å²) in [4.78, 5) is 27.6. The molecule has 7 rings (SSSR count). The maximum atomic E-state index is 13.8. The molecule has 20 nitrogen and oxygen atoms in total. The quantitative estimate of drug-likeness (QED) is 0.0250. The average Bonchev–Trinajstić information content (AvgIpc) is 3.39. The Bertz CT molecular complexity index is 3460. The minimum atomic E-state index is -4.69. The Balaban J connectivity index is 1.51. The fourth-order valence-electron chi connectivity index (χ4n) is 8.88. The summed E-state index contributed by atoms with van der Waals surface area (Å²) >= 11 is 0. The molecule has 5 aromatic carbocycles. The second-order valence-corrected chi connectivity index (χ2v) is 20.2. The highest BCUT2D eigenvalue weighted by Crippen LogP contribution is 2.48. The monoisotopic (exact) mass is 1060 g/mol. The lowest BCUT2D eigenvalue weighted by molar-refractivity contribution is 0.220. The van der Waals surface area contributed by atoms with Crippen LogP contribution in [0.5, 0.6) is 23.3 Å². The van der Waals surface area contributed by atoms with Gasteiger partial charge in [0, 0.05) is 41.3 Å². The number of aromatic nitrogens is 2. The summed E-state index contributed by atoms with van der Waals surface area (Å²) in [6, 6.07) is 33.0. The number of aliphatic hydroxyl groups excluding tert-OH is 2. The van der Waals surface area contributed by atoms with Crippen molar-refractivity contribution in [2.24, 2.45) is 20.5 Å². The Morgan fingerprint density at radius 1 is 0.507 bits per heavy atom. The van der Waals surface area contributed by atoms with Crippen LogP contribution in [0.4, 0.5) is 22.7 Å². The number of ether oxygens (including phenoxy) is 2. The lowest BCUT2D eigenvalue weighted by atomic mass is 9.81. The van der Waals surface area contributed by atoms with Crippen LogP contribution in [-0.2, 0) is 44.8 Å². The molecule has 0 radical (unpaired) electrons. The lowest BCUT2D eigenvalue weighted by Gasteiger charge is -2.25. The highest BCUT2D eigenvalue weighted by Gasteiger charge is 2.30. The summed E-state index contributed by atoms with van der Waals surface area (Å²) in [6.07, 6.45) is -2.83. The van der Waals surface area contributed by atoms with Crippen LogP contribution in [0.3, 0.4) is 0 Å². The zero-order valence-electron chi connectivity index (χ0n) is 41.5. The van der Waals surface area contributed by atoms with Gasteiger partial charge in [0.1, 0.15) is 46.6 Å². The van der Waals surface area contributed by atoms with Crippen molar-refractivity contribution in [1.82, 2.24) is 9.13 Å². The topological polar surface area (TPSA) is 302 Å². The third-order valence-corrected chi connectivity index (χ3v) is 14.0. The zero-order chi connectivity index (χ0) is 54.5. The van der Waals surface area contributed by atoms with Crippen molar-refractivity contribution in [3.05, 3.63) is 197 Å². The van der Waals surface area contributed by atoms with Gasteiger partial charge < -0.3 is 29.9 Å². The molecular formula is C53H54N6O14S2. The maximum Gasteiger partial charge on any atom is 0.281 e. The fraction of sp³-hybridized carbons (Fsp3) is 0.245. The Morgan fingerprint density at radius 3 is 1.13 bits per heavy atom. The lowest BCUT2D eigenvalue weighted by Crippen LogP contribution is -2.22. The van der Waals surface area contributed by atoms with Gasteiger partial charge in [0.25, 0.3) is 31.4 Å². The molecule has 0 aliphatic rings. The molecule has 0 saturated heterocycles. The van der Waals surface area contributed by atoms with E-state index in [-0.39, 0.29) is 80.7 Å². The zero-order valence-corrected chi connectivity index (χ0v) is 43.1. The van der Waals surface area contributed by atoms with Crippen LogP contribution in [0.15, 0.2) is 145 Å². The standard InChI is InChI=1S/C53H54N6O14S2/c1-7-58-50(62)39(28-74(66,67)68)30(3)44(52(58)64)54-56-46-37(48(60)33-20-14-10-15-21-33)24-35(26-41(46)72-5)43(32-18-12-9-13-19-32)36-25-38(49(61)34-22-16-11-17-23-34)47(42(27-36)73-6)57-55-45-31(4)40(29-75(69,70)71)51(63)59(8-2)53(45)65/h9-27,43,48-49,60-63H,7-8,28-29H2,1-6H3,(H,66,67,68)(H,69,70,71). The van der Waals surface area contributed by atoms with Crippen molar-refractivity contribution in [3.63, 3.8) is 0 Å².